The zero-order valence-electron chi connectivity index (χ0n) is 46.5. The quantitative estimate of drug-likeness (QED) is 0.206. The molecular formula is C48H93N2O12Si3Yb. The third-order valence-electron chi connectivity index (χ3n) is 5.97. The zero-order valence-corrected chi connectivity index (χ0v) is 51.2. The van der Waals surface area contributed by atoms with Crippen LogP contribution in [0.2, 0.25) is 0 Å². The van der Waals surface area contributed by atoms with E-state index in [4.69, 9.17) is 39.8 Å². The Bertz CT molecular complexity index is 1400. The maximum absolute atomic E-state index is 12.6. The zero-order chi connectivity index (χ0) is 52.3. The maximum Gasteiger partial charge on any atom is 3.00 e. The summed E-state index contributed by atoms with van der Waals surface area (Å²) in [5.74, 6) is 0. The van der Waals surface area contributed by atoms with Gasteiger partial charge in [-0.05, 0) is 236 Å². The average Bonchev–Trinajstić information content (AvgIpc) is 2.88. The second-order valence-electron chi connectivity index (χ2n) is 24.9. The molecule has 0 fully saturated rings. The van der Waals surface area contributed by atoms with Crippen LogP contribution in [0.3, 0.4) is 0 Å². The Morgan fingerprint density at radius 1 is 0.318 bits per heavy atom. The van der Waals surface area contributed by atoms with Crippen LogP contribution in [0.5, 0.6) is 0 Å². The van der Waals surface area contributed by atoms with Crippen LogP contribution in [0.25, 0.3) is 11.4 Å². The molecule has 0 aliphatic heterocycles. The predicted octanol–water partition coefficient (Wildman–Crippen LogP) is 9.44. The van der Waals surface area contributed by atoms with E-state index in [1.807, 2.05) is 224 Å². The topological polar surface area (TPSA) is 178 Å². The Kier molecular flexibility index (Phi) is 27.8. The van der Waals surface area contributed by atoms with Gasteiger partial charge in [-0.3, -0.25) is 9.97 Å². The predicted molar refractivity (Wildman–Crippen MR) is 262 cm³/mol. The van der Waals surface area contributed by atoms with E-state index in [0.717, 1.165) is 11.4 Å². The van der Waals surface area contributed by atoms with E-state index < -0.39 is 77.6 Å². The number of hydrogen-bond donors (Lipinski definition) is 0. The monoisotopic (exact) mass is 1150 g/mol. The molecule has 0 bridgehead atoms. The Morgan fingerprint density at radius 2 is 0.455 bits per heavy atom. The third kappa shape index (κ3) is 41.7. The van der Waals surface area contributed by atoms with Crippen LogP contribution in [0, 0.1) is 60.8 Å². The molecule has 0 N–H and O–H groups in total. The first kappa shape index (κ1) is 70.2. The largest absolute Gasteiger partial charge is 3.00 e. The summed E-state index contributed by atoms with van der Waals surface area (Å²) in [6, 6.07) is 8.06. The summed E-state index contributed by atoms with van der Waals surface area (Å²) in [4.78, 5) is 46.4. The Balaban J connectivity index is -0.000000799. The molecule has 393 valence electrons. The second kappa shape index (κ2) is 26.1. The average molecular weight is 1150 g/mol. The Hall–Kier alpha value is -0.00987. The van der Waals surface area contributed by atoms with E-state index in [1.54, 1.807) is 0 Å². The molecule has 66 heavy (non-hydrogen) atoms. The van der Waals surface area contributed by atoms with Crippen molar-refractivity contribution in [2.45, 2.75) is 251 Å². The van der Waals surface area contributed by atoms with Gasteiger partial charge < -0.3 is 54.2 Å². The summed E-state index contributed by atoms with van der Waals surface area (Å²) in [6.45, 7) is 53.4. The van der Waals surface area contributed by atoms with E-state index in [0.29, 0.717) is 0 Å². The minimum Gasteiger partial charge on any atom is -0.793 e. The van der Waals surface area contributed by atoms with Crippen LogP contribution >= 0.6 is 0 Å². The summed E-state index contributed by atoms with van der Waals surface area (Å²) >= 11 is 0. The van der Waals surface area contributed by atoms with Crippen molar-refractivity contribution in [2.75, 3.05) is 0 Å². The Morgan fingerprint density at radius 3 is 0.561 bits per heavy atom. The van der Waals surface area contributed by atoms with Gasteiger partial charge in [-0.25, -0.2) is 0 Å². The number of hydrogen-bond acceptors (Lipinski definition) is 14. The maximum atomic E-state index is 12.6. The summed E-state index contributed by atoms with van der Waals surface area (Å²) in [5.41, 5.74) is -0.919. The molecule has 1 radical (unpaired) electrons. The molecule has 0 unspecified atom stereocenters. The van der Waals surface area contributed by atoms with Crippen LogP contribution in [-0.2, 0) is 39.8 Å². The van der Waals surface area contributed by atoms with Gasteiger partial charge in [0.25, 0.3) is 0 Å². The fourth-order valence-electron chi connectivity index (χ4n) is 4.91. The molecule has 18 heteroatoms. The van der Waals surface area contributed by atoms with Crippen molar-refractivity contribution in [3.63, 3.8) is 0 Å². The van der Waals surface area contributed by atoms with Crippen molar-refractivity contribution >= 4 is 27.1 Å². The van der Waals surface area contributed by atoms with E-state index in [2.05, 4.69) is 23.8 Å². The van der Waals surface area contributed by atoms with Gasteiger partial charge >= 0.3 is 74.1 Å². The fraction of sp³-hybridized carbons (Fsp3) is 0.792. The van der Waals surface area contributed by atoms with Crippen LogP contribution in [-0.4, -0.2) is 87.5 Å². The van der Waals surface area contributed by atoms with E-state index in [9.17, 15) is 14.4 Å². The molecule has 14 nitrogen and oxygen atoms in total. The standard InChI is InChI=1S/C12H12N2.3C12H27O4Si.Yb/c1-9-3-5-13-11(7-9)12-8-10(2)4-6-14-12;3*1-10(2,3)14-17(13,15-11(4,5)6)16-12(7,8)9;/h3-8H,1-2H3;3*1-9H3;/q;3*-1;+3. The molecule has 2 rings (SSSR count). The number of nitrogens with zero attached hydrogens (tertiary/aromatic N) is 2. The molecule has 2 aromatic heterocycles. The van der Waals surface area contributed by atoms with Crippen molar-refractivity contribution in [3.05, 3.63) is 47.8 Å². The first-order valence-electron chi connectivity index (χ1n) is 22.4. The van der Waals surface area contributed by atoms with Gasteiger partial charge in [-0.2, -0.15) is 0 Å². The molecule has 0 aliphatic rings. The molecule has 0 saturated heterocycles. The SMILES string of the molecule is CC(C)(C)O[Si]([O-])(OC(C)(C)C)OC(C)(C)C.CC(C)(C)O[Si]([O-])(OC(C)(C)C)OC(C)(C)C.CC(C)(C)O[Si]([O-])(OC(C)(C)C)OC(C)(C)C.Cc1ccnc(-c2cc(C)ccn2)c1.[Yb+3]. The van der Waals surface area contributed by atoms with Crippen molar-refractivity contribution < 1.29 is 101 Å². The van der Waals surface area contributed by atoms with Gasteiger partial charge in [0, 0.05) is 12.4 Å². The molecule has 2 heterocycles. The van der Waals surface area contributed by atoms with Crippen LogP contribution in [0.4, 0.5) is 0 Å². The van der Waals surface area contributed by atoms with Crippen molar-refractivity contribution in [1.82, 2.24) is 9.97 Å². The molecule has 0 spiro atoms. The van der Waals surface area contributed by atoms with Crippen molar-refractivity contribution in [1.29, 1.82) is 0 Å². The normalized spacial score (nSPS) is 13.9. The van der Waals surface area contributed by atoms with Crippen LogP contribution in [0.1, 0.15) is 198 Å². The molecular weight excluding hydrogens is 1050 g/mol. The second-order valence-corrected chi connectivity index (χ2v) is 29.7. The van der Waals surface area contributed by atoms with Crippen LogP contribution < -0.4 is 14.4 Å². The molecule has 0 saturated carbocycles. The summed E-state index contributed by atoms with van der Waals surface area (Å²) < 4.78 is 49.6. The summed E-state index contributed by atoms with van der Waals surface area (Å²) in [7, 11) is -11.7. The Labute approximate surface area is 445 Å². The smallest absolute Gasteiger partial charge is 0.793 e. The van der Waals surface area contributed by atoms with E-state index >= 15 is 0 Å². The first-order valence-corrected chi connectivity index (χ1v) is 27.3. The molecule has 2 aromatic rings. The minimum atomic E-state index is -3.91. The van der Waals surface area contributed by atoms with Crippen molar-refractivity contribution in [3.8, 4) is 11.4 Å². The number of aryl methyl sites for hydroxylation is 2. The summed E-state index contributed by atoms with van der Waals surface area (Å²) in [6.07, 6.45) is 3.63. The van der Waals surface area contributed by atoms with Gasteiger partial charge in [0.2, 0.25) is 0 Å². The molecule has 0 atom stereocenters. The number of aromatic nitrogens is 2. The van der Waals surface area contributed by atoms with Gasteiger partial charge in [0.15, 0.2) is 0 Å². The first-order chi connectivity index (χ1) is 28.1. The van der Waals surface area contributed by atoms with E-state index in [-0.39, 0.29) is 46.9 Å². The van der Waals surface area contributed by atoms with Gasteiger partial charge in [0.1, 0.15) is 0 Å². The van der Waals surface area contributed by atoms with Crippen molar-refractivity contribution in [2.24, 2.45) is 0 Å². The molecule has 0 aromatic carbocycles. The fourth-order valence-corrected chi connectivity index (χ4v) is 12.0. The van der Waals surface area contributed by atoms with Gasteiger partial charge in [-0.1, -0.05) is 0 Å². The van der Waals surface area contributed by atoms with Gasteiger partial charge in [0.05, 0.1) is 61.8 Å². The van der Waals surface area contributed by atoms with E-state index in [1.165, 1.54) is 11.1 Å². The third-order valence-corrected chi connectivity index (χ3v) is 13.7. The molecule has 0 aliphatic carbocycles. The summed E-state index contributed by atoms with van der Waals surface area (Å²) in [5, 5.41) is 0. The minimum absolute atomic E-state index is 0. The number of rotatable bonds is 10. The number of pyridine rings is 2. The van der Waals surface area contributed by atoms with Crippen LogP contribution in [0.15, 0.2) is 36.7 Å². The molecule has 0 amide bonds. The van der Waals surface area contributed by atoms with Gasteiger partial charge in [-0.15, -0.1) is 0 Å².